The SMILES string of the molecule is COc1ccccc1-c1ccc2c3c(cccc13)/C(=N/c1ccc(-c3ccc(N(c4ccc(C#N)cc4)c4ccc(/C(C#N)=C(\C#N)c5ccc(N(c6ccc(C#N)cc6)c6ccc(-c7ccc(/N=C8\Nc9cccc%10c(-c%11ccccc%11OC)ccc8c9%10)nc7)cc6)cc5)cc4)cc3)cn1)N2. The Bertz CT molecular complexity index is 5590. The van der Waals surface area contributed by atoms with Gasteiger partial charge in [0, 0.05) is 102 Å². The quantitative estimate of drug-likeness (QED) is 0.0687. The third-order valence-corrected chi connectivity index (χ3v) is 18.6. The van der Waals surface area contributed by atoms with E-state index in [-0.39, 0.29) is 11.1 Å². The zero-order chi connectivity index (χ0) is 69.2. The minimum Gasteiger partial charge on any atom is -0.496 e. The van der Waals surface area contributed by atoms with Crippen LogP contribution in [0, 0.1) is 45.3 Å². The lowest BCUT2D eigenvalue weighted by Gasteiger charge is -2.26. The van der Waals surface area contributed by atoms with Gasteiger partial charge in [-0.15, -0.1) is 0 Å². The van der Waals surface area contributed by atoms with Gasteiger partial charge in [-0.3, -0.25) is 0 Å². The van der Waals surface area contributed by atoms with Crippen molar-refractivity contribution in [3.05, 3.63) is 325 Å². The molecule has 4 heterocycles. The van der Waals surface area contributed by atoms with Crippen molar-refractivity contribution in [1.82, 2.24) is 9.97 Å². The average Bonchev–Trinajstić information content (AvgIpc) is 1.57. The molecule has 2 aliphatic rings. The van der Waals surface area contributed by atoms with Crippen LogP contribution in [0.4, 0.5) is 57.1 Å². The Morgan fingerprint density at radius 2 is 0.696 bits per heavy atom. The van der Waals surface area contributed by atoms with Gasteiger partial charge in [0.25, 0.3) is 0 Å². The van der Waals surface area contributed by atoms with E-state index in [1.165, 1.54) is 0 Å². The maximum absolute atomic E-state index is 10.8. The number of aromatic nitrogens is 2. The van der Waals surface area contributed by atoms with E-state index in [2.05, 4.69) is 118 Å². The Kier molecular flexibility index (Phi) is 16.3. The summed E-state index contributed by atoms with van der Waals surface area (Å²) < 4.78 is 11.5. The number of nitrogens with zero attached hydrogens (tertiary/aromatic N) is 10. The predicted molar refractivity (Wildman–Crippen MR) is 408 cm³/mol. The Balaban J connectivity index is 0.635. The van der Waals surface area contributed by atoms with Crippen molar-refractivity contribution in [2.24, 2.45) is 9.98 Å². The highest BCUT2D eigenvalue weighted by Gasteiger charge is 2.26. The van der Waals surface area contributed by atoms with Crippen molar-refractivity contribution in [1.29, 1.82) is 21.0 Å². The van der Waals surface area contributed by atoms with Crippen LogP contribution >= 0.6 is 0 Å². The number of pyridine rings is 2. The van der Waals surface area contributed by atoms with E-state index in [1.807, 2.05) is 194 Å². The molecule has 14 aromatic rings. The molecule has 0 saturated carbocycles. The van der Waals surface area contributed by atoms with Crippen molar-refractivity contribution >= 4 is 101 Å². The summed E-state index contributed by atoms with van der Waals surface area (Å²) in [7, 11) is 3.39. The Morgan fingerprint density at radius 1 is 0.343 bits per heavy atom. The molecule has 2 N–H and O–H groups in total. The van der Waals surface area contributed by atoms with Crippen LogP contribution in [0.3, 0.4) is 0 Å². The standard InChI is InChI=1S/C88H56N12O2/c1-101-81-15-5-3-9-71(81)69-43-44-76-86-74(69)12-8-14-79(86)95-88(76)98-84-48-30-62(54-94-84)58-23-37-66(38-24-58)100(64-33-19-56(50-90)20-34-64)68-41-27-60(28-42-68)78(52-92)77(51-91)59-25-39-67(40-26-59)99(63-31-17-55(49-89)18-32-63)65-35-21-57(22-36-65)61-29-47-83(93-53-61)97-87-75-13-7-11-73-70(45-46-80(96-87)85(73)75)72-10-4-6-16-82(72)102-2/h3-48,53-54H,1-2H3,(H,93,96,97)(H,94,95,98)/b78-77+. The zero-order valence-electron chi connectivity index (χ0n) is 55.0. The molecule has 0 unspecified atom stereocenters. The second kappa shape index (κ2) is 26.7. The number of nitrogens with one attached hydrogen (secondary N) is 2. The molecule has 0 fully saturated rings. The largest absolute Gasteiger partial charge is 0.496 e. The number of ether oxygens (including phenoxy) is 2. The van der Waals surface area contributed by atoms with E-state index in [9.17, 15) is 21.0 Å². The number of amidine groups is 2. The monoisotopic (exact) mass is 1310 g/mol. The molecule has 0 spiro atoms. The number of benzene rings is 12. The molecule has 0 atom stereocenters. The highest BCUT2D eigenvalue weighted by Crippen LogP contribution is 2.46. The van der Waals surface area contributed by atoms with E-state index in [0.717, 1.165) is 146 Å². The molecule has 102 heavy (non-hydrogen) atoms. The topological polar surface area (TPSA) is 195 Å². The van der Waals surface area contributed by atoms with Crippen LogP contribution < -0.4 is 29.9 Å². The highest BCUT2D eigenvalue weighted by molar-refractivity contribution is 6.29. The lowest BCUT2D eigenvalue weighted by molar-refractivity contribution is 0.416. The first-order valence-corrected chi connectivity index (χ1v) is 32.9. The number of methoxy groups -OCH3 is 2. The van der Waals surface area contributed by atoms with E-state index >= 15 is 0 Å². The molecular weight excluding hydrogens is 1260 g/mol. The fourth-order valence-corrected chi connectivity index (χ4v) is 13.6. The van der Waals surface area contributed by atoms with Gasteiger partial charge in [0.1, 0.15) is 35.3 Å². The summed E-state index contributed by atoms with van der Waals surface area (Å²) in [4.78, 5) is 23.7. The summed E-state index contributed by atoms with van der Waals surface area (Å²) in [6, 6.07) is 100. The van der Waals surface area contributed by atoms with Crippen LogP contribution in [0.5, 0.6) is 11.5 Å². The second-order valence-corrected chi connectivity index (χ2v) is 24.3. The predicted octanol–water partition coefficient (Wildman–Crippen LogP) is 21.1. The summed E-state index contributed by atoms with van der Waals surface area (Å²) in [6.07, 6.45) is 3.66. The van der Waals surface area contributed by atoms with Gasteiger partial charge in [-0.2, -0.15) is 21.0 Å². The smallest absolute Gasteiger partial charge is 0.154 e. The van der Waals surface area contributed by atoms with Gasteiger partial charge in [-0.25, -0.2) is 20.0 Å². The molecule has 0 saturated heterocycles. The number of rotatable bonds is 16. The summed E-state index contributed by atoms with van der Waals surface area (Å²) in [5.74, 6) is 4.20. The first kappa shape index (κ1) is 62.1. The third-order valence-electron chi connectivity index (χ3n) is 18.6. The molecule has 0 amide bonds. The van der Waals surface area contributed by atoms with Crippen molar-refractivity contribution in [2.45, 2.75) is 0 Å². The van der Waals surface area contributed by atoms with Gasteiger partial charge in [0.2, 0.25) is 0 Å². The first-order valence-electron chi connectivity index (χ1n) is 32.9. The number of anilines is 8. The van der Waals surface area contributed by atoms with E-state index in [4.69, 9.17) is 29.4 Å². The van der Waals surface area contributed by atoms with E-state index < -0.39 is 0 Å². The molecule has 2 aromatic heterocycles. The van der Waals surface area contributed by atoms with Gasteiger partial charge >= 0.3 is 0 Å². The van der Waals surface area contributed by atoms with Crippen molar-refractivity contribution in [3.8, 4) is 80.3 Å². The van der Waals surface area contributed by atoms with Crippen LogP contribution in [0.1, 0.15) is 33.4 Å². The summed E-state index contributed by atoms with van der Waals surface area (Å²) >= 11 is 0. The van der Waals surface area contributed by atoms with Gasteiger partial charge in [0.15, 0.2) is 11.6 Å². The lowest BCUT2D eigenvalue weighted by atomic mass is 9.95. The Hall–Kier alpha value is -14.7. The number of allylic oxidation sites excluding steroid dienone is 2. The Morgan fingerprint density at radius 3 is 1.10 bits per heavy atom. The lowest BCUT2D eigenvalue weighted by Crippen LogP contribution is -2.10. The van der Waals surface area contributed by atoms with E-state index in [1.54, 1.807) is 38.5 Å². The number of para-hydroxylation sites is 2. The molecule has 0 radical (unpaired) electrons. The fraction of sp³-hybridized carbons (Fsp3) is 0.0227. The molecule has 12 aromatic carbocycles. The molecular formula is C88H56N12O2. The van der Waals surface area contributed by atoms with Gasteiger partial charge in [-0.05, 0) is 196 Å². The number of hydrogen-bond donors (Lipinski definition) is 2. The van der Waals surface area contributed by atoms with Crippen LogP contribution in [0.15, 0.2) is 301 Å². The first-order chi connectivity index (χ1) is 50.3. The number of nitriles is 4. The van der Waals surface area contributed by atoms with Crippen LogP contribution in [0.25, 0.3) is 77.2 Å². The molecule has 0 bridgehead atoms. The third kappa shape index (κ3) is 11.5. The van der Waals surface area contributed by atoms with Crippen molar-refractivity contribution in [3.63, 3.8) is 0 Å². The molecule has 14 heteroatoms. The van der Waals surface area contributed by atoms with Crippen molar-refractivity contribution < 1.29 is 9.47 Å². The zero-order valence-corrected chi connectivity index (χ0v) is 55.0. The minimum absolute atomic E-state index is 0.213. The van der Waals surface area contributed by atoms with Crippen LogP contribution in [-0.4, -0.2) is 35.9 Å². The van der Waals surface area contributed by atoms with Gasteiger partial charge < -0.3 is 29.9 Å². The summed E-state index contributed by atoms with van der Waals surface area (Å²) in [5, 5.41) is 52.6. The van der Waals surface area contributed by atoms with Crippen LogP contribution in [-0.2, 0) is 0 Å². The average molecular weight is 1310 g/mol. The minimum atomic E-state index is 0.213. The molecule has 0 aliphatic carbocycles. The van der Waals surface area contributed by atoms with Crippen LogP contribution in [0.2, 0.25) is 0 Å². The van der Waals surface area contributed by atoms with E-state index in [0.29, 0.717) is 33.9 Å². The maximum Gasteiger partial charge on any atom is 0.154 e. The van der Waals surface area contributed by atoms with Gasteiger partial charge in [0.05, 0.1) is 48.6 Å². The fourth-order valence-electron chi connectivity index (χ4n) is 13.6. The van der Waals surface area contributed by atoms with Gasteiger partial charge in [-0.1, -0.05) is 127 Å². The summed E-state index contributed by atoms with van der Waals surface area (Å²) in [6.45, 7) is 0. The molecule has 2 aliphatic heterocycles. The molecule has 16 rings (SSSR count). The number of aliphatic imine (C=N–C) groups is 2. The molecule has 14 nitrogen and oxygen atoms in total. The highest BCUT2D eigenvalue weighted by atomic mass is 16.5. The maximum atomic E-state index is 10.8. The van der Waals surface area contributed by atoms with Crippen molar-refractivity contribution in [2.75, 3.05) is 34.7 Å². The number of hydrogen-bond acceptors (Lipinski definition) is 12. The Labute approximate surface area is 588 Å². The second-order valence-electron chi connectivity index (χ2n) is 24.3. The molecule has 480 valence electrons. The normalized spacial score (nSPS) is 12.7. The summed E-state index contributed by atoms with van der Waals surface area (Å²) in [5.41, 5.74) is 19.4.